The molecule has 36 heavy (non-hydrogen) atoms. The van der Waals surface area contributed by atoms with E-state index in [0.29, 0.717) is 11.5 Å². The molecule has 0 heterocycles. The molecule has 3 heteroatoms. The summed E-state index contributed by atoms with van der Waals surface area (Å²) in [5.41, 5.74) is 6.76. The van der Waals surface area contributed by atoms with Gasteiger partial charge in [0.1, 0.15) is 0 Å². The number of Topliss-reactive ketones (excluding diaryl/α,β-unsaturated/α-hetero) is 3. The molecule has 2 aromatic rings. The lowest BCUT2D eigenvalue weighted by molar-refractivity contribution is -0.135. The summed E-state index contributed by atoms with van der Waals surface area (Å²) < 4.78 is 0. The first-order chi connectivity index (χ1) is 17.2. The van der Waals surface area contributed by atoms with E-state index in [1.165, 1.54) is 11.1 Å². The highest BCUT2D eigenvalue weighted by Gasteiger charge is 2.34. The van der Waals surface area contributed by atoms with Crippen molar-refractivity contribution in [3.05, 3.63) is 75.9 Å². The molecule has 1 unspecified atom stereocenters. The van der Waals surface area contributed by atoms with Crippen molar-refractivity contribution in [2.75, 3.05) is 0 Å². The second-order valence-electron chi connectivity index (χ2n) is 11.3. The van der Waals surface area contributed by atoms with Crippen molar-refractivity contribution in [2.45, 2.75) is 85.5 Å². The van der Waals surface area contributed by atoms with Crippen molar-refractivity contribution in [3.8, 4) is 0 Å². The number of fused-ring (bicyclic) bond motifs is 1. The van der Waals surface area contributed by atoms with Crippen LogP contribution in [0.3, 0.4) is 0 Å². The third-order valence-electron chi connectivity index (χ3n) is 8.17. The first kappa shape index (κ1) is 26.3. The SMILES string of the molecule is CCCC1C=C(C(=O)C(=O)C(C)C)c2cc(C(=O)C3CCC(Cc4ccc(C)cc4)CC3)c(C)cc21. The van der Waals surface area contributed by atoms with Gasteiger partial charge in [0.05, 0.1) is 0 Å². The topological polar surface area (TPSA) is 51.2 Å². The Morgan fingerprint density at radius 1 is 0.944 bits per heavy atom. The van der Waals surface area contributed by atoms with Gasteiger partial charge in [-0.1, -0.05) is 69.2 Å². The van der Waals surface area contributed by atoms with Crippen LogP contribution in [0.2, 0.25) is 0 Å². The van der Waals surface area contributed by atoms with Gasteiger partial charge in [-0.2, -0.15) is 0 Å². The average Bonchev–Trinajstić information content (AvgIpc) is 3.21. The van der Waals surface area contributed by atoms with Gasteiger partial charge >= 0.3 is 0 Å². The number of allylic oxidation sites excluding steroid dienone is 2. The summed E-state index contributed by atoms with van der Waals surface area (Å²) in [7, 11) is 0. The number of rotatable bonds is 9. The highest BCUT2D eigenvalue weighted by Crippen LogP contribution is 2.42. The van der Waals surface area contributed by atoms with Crippen LogP contribution in [0.5, 0.6) is 0 Å². The number of hydrogen-bond acceptors (Lipinski definition) is 3. The van der Waals surface area contributed by atoms with Gasteiger partial charge in [-0.25, -0.2) is 0 Å². The van der Waals surface area contributed by atoms with E-state index in [4.69, 9.17) is 0 Å². The molecule has 2 aliphatic carbocycles. The maximum atomic E-state index is 13.7. The molecule has 0 aliphatic heterocycles. The maximum Gasteiger partial charge on any atom is 0.229 e. The summed E-state index contributed by atoms with van der Waals surface area (Å²) in [6.07, 6.45) is 8.94. The fourth-order valence-corrected chi connectivity index (χ4v) is 5.97. The number of carbonyl (C=O) groups is 3. The van der Waals surface area contributed by atoms with Gasteiger partial charge in [-0.15, -0.1) is 0 Å². The molecule has 0 saturated heterocycles. The summed E-state index contributed by atoms with van der Waals surface area (Å²) >= 11 is 0. The van der Waals surface area contributed by atoms with Gasteiger partial charge in [0.15, 0.2) is 5.78 Å². The largest absolute Gasteiger partial charge is 0.294 e. The monoisotopic (exact) mass is 484 g/mol. The van der Waals surface area contributed by atoms with E-state index < -0.39 is 5.78 Å². The normalized spacial score (nSPS) is 21.3. The van der Waals surface area contributed by atoms with Crippen LogP contribution in [0, 0.1) is 31.6 Å². The van der Waals surface area contributed by atoms with E-state index in [0.717, 1.165) is 67.2 Å². The van der Waals surface area contributed by atoms with Crippen LogP contribution >= 0.6 is 0 Å². The van der Waals surface area contributed by atoms with Gasteiger partial charge in [0, 0.05) is 28.9 Å². The van der Waals surface area contributed by atoms with Gasteiger partial charge < -0.3 is 0 Å². The molecule has 2 aromatic carbocycles. The predicted octanol–water partition coefficient (Wildman–Crippen LogP) is 7.61. The Balaban J connectivity index is 1.52. The zero-order valence-electron chi connectivity index (χ0n) is 22.5. The number of hydrogen-bond donors (Lipinski definition) is 0. The summed E-state index contributed by atoms with van der Waals surface area (Å²) in [4.78, 5) is 39.3. The molecular weight excluding hydrogens is 444 g/mol. The minimum Gasteiger partial charge on any atom is -0.294 e. The van der Waals surface area contributed by atoms with E-state index in [1.807, 2.05) is 19.1 Å². The lowest BCUT2D eigenvalue weighted by Gasteiger charge is -2.28. The number of ketones is 3. The van der Waals surface area contributed by atoms with E-state index in [2.05, 4.69) is 44.2 Å². The molecule has 1 saturated carbocycles. The summed E-state index contributed by atoms with van der Waals surface area (Å²) in [5, 5.41) is 0. The molecule has 0 spiro atoms. The molecule has 1 fully saturated rings. The van der Waals surface area contributed by atoms with Crippen LogP contribution in [0.1, 0.15) is 103 Å². The van der Waals surface area contributed by atoms with Gasteiger partial charge in [0.2, 0.25) is 11.6 Å². The zero-order valence-corrected chi connectivity index (χ0v) is 22.5. The molecule has 0 aromatic heterocycles. The highest BCUT2D eigenvalue weighted by atomic mass is 16.2. The molecule has 0 radical (unpaired) electrons. The molecule has 0 bridgehead atoms. The molecule has 4 rings (SSSR count). The maximum absolute atomic E-state index is 13.7. The molecule has 0 N–H and O–H groups in total. The molecule has 0 amide bonds. The van der Waals surface area contributed by atoms with Crippen molar-refractivity contribution >= 4 is 22.9 Å². The lowest BCUT2D eigenvalue weighted by atomic mass is 9.75. The standard InChI is InChI=1S/C33H40O3/c1-6-7-26-18-30(33(36)31(34)20(2)3)29-19-27(22(5)16-28(26)29)32(35)25-14-12-24(13-15-25)17-23-10-8-21(4)9-11-23/h8-11,16,18-20,24-26H,6-7,12-15,17H2,1-5H3. The fraction of sp³-hybridized carbons (Fsp3) is 0.485. The van der Waals surface area contributed by atoms with E-state index in [-0.39, 0.29) is 29.3 Å². The van der Waals surface area contributed by atoms with E-state index in [1.54, 1.807) is 13.8 Å². The average molecular weight is 485 g/mol. The Kier molecular flexibility index (Phi) is 8.07. The summed E-state index contributed by atoms with van der Waals surface area (Å²) in [5.74, 6) is -0.123. The van der Waals surface area contributed by atoms with E-state index >= 15 is 0 Å². The van der Waals surface area contributed by atoms with Gasteiger partial charge in [0.25, 0.3) is 0 Å². The summed E-state index contributed by atoms with van der Waals surface area (Å²) in [6, 6.07) is 12.8. The van der Waals surface area contributed by atoms with Crippen molar-refractivity contribution in [1.82, 2.24) is 0 Å². The van der Waals surface area contributed by atoms with E-state index in [9.17, 15) is 14.4 Å². The molecule has 1 atom stereocenters. The number of benzene rings is 2. The second kappa shape index (κ2) is 11.1. The van der Waals surface area contributed by atoms with Crippen molar-refractivity contribution in [3.63, 3.8) is 0 Å². The van der Waals surface area contributed by atoms with Crippen LogP contribution < -0.4 is 0 Å². The van der Waals surface area contributed by atoms with Crippen molar-refractivity contribution in [2.24, 2.45) is 17.8 Å². The molecular formula is C33H40O3. The quantitative estimate of drug-likeness (QED) is 0.272. The van der Waals surface area contributed by atoms with Crippen molar-refractivity contribution in [1.29, 1.82) is 0 Å². The summed E-state index contributed by atoms with van der Waals surface area (Å²) in [6.45, 7) is 9.78. The van der Waals surface area contributed by atoms with Gasteiger partial charge in [-0.05, 0) is 86.6 Å². The van der Waals surface area contributed by atoms with Crippen LogP contribution in [0.25, 0.3) is 5.57 Å². The Morgan fingerprint density at radius 3 is 2.22 bits per heavy atom. The lowest BCUT2D eigenvalue weighted by Crippen LogP contribution is -2.24. The van der Waals surface area contributed by atoms with Gasteiger partial charge in [-0.3, -0.25) is 14.4 Å². The molecule has 2 aliphatic rings. The third-order valence-corrected chi connectivity index (χ3v) is 8.17. The number of aryl methyl sites for hydroxylation is 2. The zero-order chi connectivity index (χ0) is 26.0. The van der Waals surface area contributed by atoms with Crippen LogP contribution in [0.4, 0.5) is 0 Å². The molecule has 190 valence electrons. The van der Waals surface area contributed by atoms with Crippen LogP contribution in [-0.2, 0) is 16.0 Å². The highest BCUT2D eigenvalue weighted by molar-refractivity contribution is 6.54. The fourth-order valence-electron chi connectivity index (χ4n) is 5.97. The van der Waals surface area contributed by atoms with Crippen LogP contribution in [0.15, 0.2) is 42.5 Å². The smallest absolute Gasteiger partial charge is 0.229 e. The Bertz CT molecular complexity index is 1170. The third kappa shape index (κ3) is 5.45. The van der Waals surface area contributed by atoms with Crippen molar-refractivity contribution < 1.29 is 14.4 Å². The minimum atomic E-state index is -0.413. The predicted molar refractivity (Wildman–Crippen MR) is 146 cm³/mol. The first-order valence-electron chi connectivity index (χ1n) is 13.7. The van der Waals surface area contributed by atoms with Crippen LogP contribution in [-0.4, -0.2) is 17.3 Å². The minimum absolute atomic E-state index is 0.0317. The Hall–Kier alpha value is -2.81. The second-order valence-corrected chi connectivity index (χ2v) is 11.3. The number of carbonyl (C=O) groups excluding carboxylic acids is 3. The molecule has 3 nitrogen and oxygen atoms in total. The Morgan fingerprint density at radius 2 is 1.61 bits per heavy atom. The first-order valence-corrected chi connectivity index (χ1v) is 13.7. The Labute approximate surface area is 216 Å².